The van der Waals surface area contributed by atoms with Crippen LogP contribution in [0.4, 0.5) is 13.2 Å². The Balaban J connectivity index is 0. The average Bonchev–Trinajstić information content (AvgIpc) is 2.28. The largest absolute Gasteiger partial charge is 0.400 e. The lowest BCUT2D eigenvalue weighted by molar-refractivity contribution is -0.00708. The van der Waals surface area contributed by atoms with Crippen molar-refractivity contribution in [3.63, 3.8) is 0 Å². The van der Waals surface area contributed by atoms with Crippen LogP contribution in [0, 0.1) is 0 Å². The van der Waals surface area contributed by atoms with E-state index in [1.807, 2.05) is 21.0 Å². The zero-order valence-electron chi connectivity index (χ0n) is 11.6. The summed E-state index contributed by atoms with van der Waals surface area (Å²) >= 11 is 0. The van der Waals surface area contributed by atoms with Crippen molar-refractivity contribution in [1.82, 2.24) is 5.32 Å². The third-order valence-corrected chi connectivity index (χ3v) is 3.21. The van der Waals surface area contributed by atoms with Crippen LogP contribution in [0.1, 0.15) is 45.4 Å². The SMILES string of the molecule is CCCCCCCC(F)C(F)(F)S(=O)(=O)O.CNC. The number of hydrogen-bond donors (Lipinski definition) is 2. The summed E-state index contributed by atoms with van der Waals surface area (Å²) in [6, 6.07) is 0. The Labute approximate surface area is 113 Å². The number of nitrogens with one attached hydrogen (secondary N) is 1. The molecule has 0 aliphatic carbocycles. The van der Waals surface area contributed by atoms with Crippen LogP contribution in [0.2, 0.25) is 0 Å². The Morgan fingerprint density at radius 1 is 1.16 bits per heavy atom. The van der Waals surface area contributed by atoms with E-state index in [0.717, 1.165) is 19.3 Å². The zero-order valence-corrected chi connectivity index (χ0v) is 12.4. The lowest BCUT2D eigenvalue weighted by Crippen LogP contribution is -2.38. The standard InChI is InChI=1S/C9H17F3O3S.C2H7N/c1-2-3-4-5-6-7-8(10)9(11,12)16(13,14)15;1-3-2/h8H,2-7H2,1H3,(H,13,14,15);3H,1-2H3. The number of unbranched alkanes of at least 4 members (excludes halogenated alkanes) is 4. The van der Waals surface area contributed by atoms with Gasteiger partial charge in [0.2, 0.25) is 0 Å². The molecule has 0 aromatic heterocycles. The van der Waals surface area contributed by atoms with Crippen molar-refractivity contribution in [3.05, 3.63) is 0 Å². The highest BCUT2D eigenvalue weighted by Gasteiger charge is 2.52. The summed E-state index contributed by atoms with van der Waals surface area (Å²) in [5.74, 6) is 0. The molecule has 0 saturated heterocycles. The third kappa shape index (κ3) is 9.23. The Bertz CT molecular complexity index is 310. The summed E-state index contributed by atoms with van der Waals surface area (Å²) in [4.78, 5) is 0. The van der Waals surface area contributed by atoms with Crippen LogP contribution in [-0.4, -0.2) is 38.5 Å². The predicted octanol–water partition coefficient (Wildman–Crippen LogP) is 3.00. The van der Waals surface area contributed by atoms with Crippen molar-refractivity contribution in [1.29, 1.82) is 0 Å². The highest BCUT2D eigenvalue weighted by Crippen LogP contribution is 2.30. The van der Waals surface area contributed by atoms with Crippen LogP contribution in [0.25, 0.3) is 0 Å². The lowest BCUT2D eigenvalue weighted by atomic mass is 10.1. The molecule has 0 aromatic rings. The predicted molar refractivity (Wildman–Crippen MR) is 69.8 cm³/mol. The molecule has 118 valence electrons. The first-order valence-electron chi connectivity index (χ1n) is 6.22. The molecule has 0 aromatic carbocycles. The van der Waals surface area contributed by atoms with Gasteiger partial charge in [0, 0.05) is 0 Å². The average molecular weight is 307 g/mol. The van der Waals surface area contributed by atoms with E-state index in [1.54, 1.807) is 0 Å². The Morgan fingerprint density at radius 3 is 1.95 bits per heavy atom. The number of rotatable bonds is 8. The Kier molecular flexibility index (Phi) is 11.5. The van der Waals surface area contributed by atoms with Crippen molar-refractivity contribution in [2.24, 2.45) is 0 Å². The molecule has 1 atom stereocenters. The van der Waals surface area contributed by atoms with Gasteiger partial charge in [-0.15, -0.1) is 0 Å². The van der Waals surface area contributed by atoms with E-state index in [0.29, 0.717) is 6.42 Å². The van der Waals surface area contributed by atoms with Gasteiger partial charge in [-0.05, 0) is 20.5 Å². The van der Waals surface area contributed by atoms with Crippen molar-refractivity contribution < 1.29 is 26.1 Å². The third-order valence-electron chi connectivity index (χ3n) is 2.27. The lowest BCUT2D eigenvalue weighted by Gasteiger charge is -2.17. The second kappa shape index (κ2) is 10.4. The second-order valence-corrected chi connectivity index (χ2v) is 5.70. The first-order valence-corrected chi connectivity index (χ1v) is 7.66. The summed E-state index contributed by atoms with van der Waals surface area (Å²) in [5, 5.41) is -1.95. The number of alkyl halides is 3. The molecule has 0 fully saturated rings. The quantitative estimate of drug-likeness (QED) is 0.534. The fourth-order valence-corrected chi connectivity index (χ4v) is 1.70. The smallest absolute Gasteiger partial charge is 0.323 e. The zero-order chi connectivity index (χ0) is 15.5. The van der Waals surface area contributed by atoms with E-state index >= 15 is 0 Å². The molecule has 8 heteroatoms. The molecular weight excluding hydrogens is 283 g/mol. The van der Waals surface area contributed by atoms with Crippen LogP contribution in [0.5, 0.6) is 0 Å². The fourth-order valence-electron chi connectivity index (χ4n) is 1.26. The van der Waals surface area contributed by atoms with Gasteiger partial charge >= 0.3 is 15.4 Å². The van der Waals surface area contributed by atoms with Gasteiger partial charge < -0.3 is 5.32 Å². The highest BCUT2D eigenvalue weighted by atomic mass is 32.2. The molecule has 0 bridgehead atoms. The van der Waals surface area contributed by atoms with Crippen LogP contribution >= 0.6 is 0 Å². The second-order valence-electron chi connectivity index (χ2n) is 4.21. The fraction of sp³-hybridized carbons (Fsp3) is 1.00. The van der Waals surface area contributed by atoms with Crippen LogP contribution in [0.3, 0.4) is 0 Å². The van der Waals surface area contributed by atoms with Crippen LogP contribution in [-0.2, 0) is 10.1 Å². The van der Waals surface area contributed by atoms with Crippen LogP contribution < -0.4 is 5.32 Å². The minimum Gasteiger partial charge on any atom is -0.323 e. The molecule has 0 aliphatic rings. The summed E-state index contributed by atoms with van der Waals surface area (Å²) < 4.78 is 66.8. The normalized spacial score (nSPS) is 13.6. The van der Waals surface area contributed by atoms with Crippen molar-refractivity contribution in [3.8, 4) is 0 Å². The van der Waals surface area contributed by atoms with E-state index in [9.17, 15) is 21.6 Å². The molecule has 4 nitrogen and oxygen atoms in total. The molecule has 19 heavy (non-hydrogen) atoms. The minimum atomic E-state index is -5.66. The molecule has 0 spiro atoms. The van der Waals surface area contributed by atoms with Crippen molar-refractivity contribution in [2.75, 3.05) is 14.1 Å². The molecule has 0 rings (SSSR count). The molecule has 0 amide bonds. The minimum absolute atomic E-state index is 0.187. The summed E-state index contributed by atoms with van der Waals surface area (Å²) in [7, 11) is -1.91. The van der Waals surface area contributed by atoms with Gasteiger partial charge in [-0.25, -0.2) is 4.39 Å². The van der Waals surface area contributed by atoms with E-state index in [4.69, 9.17) is 4.55 Å². The summed E-state index contributed by atoms with van der Waals surface area (Å²) in [6.07, 6.45) is 0.0784. The monoisotopic (exact) mass is 307 g/mol. The summed E-state index contributed by atoms with van der Waals surface area (Å²) in [6.45, 7) is 1.98. The van der Waals surface area contributed by atoms with Crippen LogP contribution in [0.15, 0.2) is 0 Å². The van der Waals surface area contributed by atoms with Gasteiger partial charge in [0.25, 0.3) is 0 Å². The molecule has 0 radical (unpaired) electrons. The first-order chi connectivity index (χ1) is 8.65. The van der Waals surface area contributed by atoms with Gasteiger partial charge in [0.15, 0.2) is 6.17 Å². The first kappa shape index (κ1) is 21.0. The number of halogens is 3. The van der Waals surface area contributed by atoms with E-state index < -0.39 is 28.0 Å². The number of hydrogen-bond acceptors (Lipinski definition) is 3. The molecule has 2 N–H and O–H groups in total. The molecule has 0 aliphatic heterocycles. The maximum absolute atomic E-state index is 12.9. The molecular formula is C11H24F3NO3S. The van der Waals surface area contributed by atoms with Gasteiger partial charge in [0.05, 0.1) is 0 Å². The van der Waals surface area contributed by atoms with Gasteiger partial charge in [-0.2, -0.15) is 17.2 Å². The van der Waals surface area contributed by atoms with Crippen molar-refractivity contribution >= 4 is 10.1 Å². The maximum Gasteiger partial charge on any atom is 0.400 e. The van der Waals surface area contributed by atoms with Crippen molar-refractivity contribution in [2.45, 2.75) is 56.9 Å². The van der Waals surface area contributed by atoms with Gasteiger partial charge in [0.1, 0.15) is 0 Å². The Hall–Kier alpha value is -0.340. The molecule has 1 unspecified atom stereocenters. The summed E-state index contributed by atoms with van der Waals surface area (Å²) in [5.41, 5.74) is 0. The highest BCUT2D eigenvalue weighted by molar-refractivity contribution is 7.86. The van der Waals surface area contributed by atoms with Gasteiger partial charge in [-0.1, -0.05) is 39.0 Å². The Morgan fingerprint density at radius 2 is 1.58 bits per heavy atom. The van der Waals surface area contributed by atoms with Gasteiger partial charge in [-0.3, -0.25) is 4.55 Å². The molecule has 0 heterocycles. The maximum atomic E-state index is 12.9. The van der Waals surface area contributed by atoms with E-state index in [1.165, 1.54) is 0 Å². The molecule has 0 saturated carbocycles. The van der Waals surface area contributed by atoms with E-state index in [-0.39, 0.29) is 6.42 Å². The van der Waals surface area contributed by atoms with E-state index in [2.05, 4.69) is 5.32 Å². The topological polar surface area (TPSA) is 66.4 Å².